The number of ether oxygens (including phenoxy) is 1. The Morgan fingerprint density at radius 2 is 2.24 bits per heavy atom. The van der Waals surface area contributed by atoms with Crippen molar-refractivity contribution in [2.45, 2.75) is 43.7 Å². The summed E-state index contributed by atoms with van der Waals surface area (Å²) in [5, 5.41) is 0.687. The van der Waals surface area contributed by atoms with E-state index in [1.807, 2.05) is 6.07 Å². The van der Waals surface area contributed by atoms with Crippen molar-refractivity contribution in [2.75, 3.05) is 7.11 Å². The molecular formula is C13H19ClN2O. The lowest BCUT2D eigenvalue weighted by molar-refractivity contribution is -0.0253. The molecule has 0 amide bonds. The molecule has 0 saturated heterocycles. The SMILES string of the molecule is COC1(C(N)Cc2ccncc2Cl)CCCC1. The molecule has 1 aromatic rings. The second-order valence-electron chi connectivity index (χ2n) is 4.75. The maximum Gasteiger partial charge on any atom is 0.0832 e. The molecule has 1 fully saturated rings. The summed E-state index contributed by atoms with van der Waals surface area (Å²) in [6.07, 6.45) is 8.66. The van der Waals surface area contributed by atoms with Crippen molar-refractivity contribution in [1.82, 2.24) is 4.98 Å². The molecule has 2 N–H and O–H groups in total. The first-order valence-corrected chi connectivity index (χ1v) is 6.45. The molecule has 94 valence electrons. The van der Waals surface area contributed by atoms with Crippen molar-refractivity contribution < 1.29 is 4.74 Å². The Morgan fingerprint density at radius 1 is 1.53 bits per heavy atom. The normalized spacial score (nSPS) is 20.4. The van der Waals surface area contributed by atoms with Crippen LogP contribution in [0.15, 0.2) is 18.5 Å². The molecular weight excluding hydrogens is 236 g/mol. The third-order valence-electron chi connectivity index (χ3n) is 3.83. The van der Waals surface area contributed by atoms with E-state index in [4.69, 9.17) is 22.1 Å². The van der Waals surface area contributed by atoms with Gasteiger partial charge in [0.05, 0.1) is 10.6 Å². The van der Waals surface area contributed by atoms with Crippen LogP contribution < -0.4 is 5.73 Å². The molecule has 1 unspecified atom stereocenters. The maximum absolute atomic E-state index is 6.32. The predicted molar refractivity (Wildman–Crippen MR) is 69.1 cm³/mol. The highest BCUT2D eigenvalue weighted by Crippen LogP contribution is 2.36. The van der Waals surface area contributed by atoms with Crippen LogP contribution in [0.5, 0.6) is 0 Å². The molecule has 1 atom stereocenters. The molecule has 1 heterocycles. The molecule has 17 heavy (non-hydrogen) atoms. The summed E-state index contributed by atoms with van der Waals surface area (Å²) in [5.74, 6) is 0. The molecule has 1 saturated carbocycles. The average molecular weight is 255 g/mol. The molecule has 0 radical (unpaired) electrons. The lowest BCUT2D eigenvalue weighted by atomic mass is 9.88. The Labute approximate surface area is 107 Å². The number of pyridine rings is 1. The van der Waals surface area contributed by atoms with E-state index in [9.17, 15) is 0 Å². The molecule has 2 rings (SSSR count). The summed E-state index contributed by atoms with van der Waals surface area (Å²) >= 11 is 6.10. The number of hydrogen-bond acceptors (Lipinski definition) is 3. The summed E-state index contributed by atoms with van der Waals surface area (Å²) in [5.41, 5.74) is 7.21. The summed E-state index contributed by atoms with van der Waals surface area (Å²) in [6, 6.07) is 1.93. The van der Waals surface area contributed by atoms with Crippen LogP contribution in [-0.4, -0.2) is 23.7 Å². The molecule has 1 aliphatic rings. The van der Waals surface area contributed by atoms with E-state index in [1.54, 1.807) is 19.5 Å². The first-order chi connectivity index (χ1) is 8.18. The average Bonchev–Trinajstić information content (AvgIpc) is 2.82. The van der Waals surface area contributed by atoms with Crippen molar-refractivity contribution in [3.05, 3.63) is 29.0 Å². The maximum atomic E-state index is 6.32. The number of rotatable bonds is 4. The molecule has 0 spiro atoms. The summed E-state index contributed by atoms with van der Waals surface area (Å²) in [7, 11) is 1.76. The van der Waals surface area contributed by atoms with Gasteiger partial charge in [0.2, 0.25) is 0 Å². The Balaban J connectivity index is 2.10. The van der Waals surface area contributed by atoms with E-state index >= 15 is 0 Å². The van der Waals surface area contributed by atoms with Crippen LogP contribution in [0.25, 0.3) is 0 Å². The van der Waals surface area contributed by atoms with E-state index < -0.39 is 0 Å². The van der Waals surface area contributed by atoms with Gasteiger partial charge < -0.3 is 10.5 Å². The zero-order valence-corrected chi connectivity index (χ0v) is 10.9. The molecule has 1 aromatic heterocycles. The van der Waals surface area contributed by atoms with Gasteiger partial charge in [-0.2, -0.15) is 0 Å². The lowest BCUT2D eigenvalue weighted by Crippen LogP contribution is -2.48. The Kier molecular flexibility index (Phi) is 4.02. The van der Waals surface area contributed by atoms with Gasteiger partial charge in [-0.15, -0.1) is 0 Å². The van der Waals surface area contributed by atoms with E-state index in [0.717, 1.165) is 24.8 Å². The molecule has 4 heteroatoms. The highest BCUT2D eigenvalue weighted by atomic mass is 35.5. The van der Waals surface area contributed by atoms with Crippen molar-refractivity contribution >= 4 is 11.6 Å². The van der Waals surface area contributed by atoms with Crippen LogP contribution in [0, 0.1) is 0 Å². The van der Waals surface area contributed by atoms with Crippen molar-refractivity contribution in [1.29, 1.82) is 0 Å². The fraction of sp³-hybridized carbons (Fsp3) is 0.615. The summed E-state index contributed by atoms with van der Waals surface area (Å²) in [4.78, 5) is 3.98. The smallest absolute Gasteiger partial charge is 0.0832 e. The third-order valence-corrected chi connectivity index (χ3v) is 4.17. The number of hydrogen-bond donors (Lipinski definition) is 1. The van der Waals surface area contributed by atoms with Gasteiger partial charge in [-0.1, -0.05) is 24.4 Å². The monoisotopic (exact) mass is 254 g/mol. The molecule has 3 nitrogen and oxygen atoms in total. The van der Waals surface area contributed by atoms with Crippen LogP contribution in [0.4, 0.5) is 0 Å². The van der Waals surface area contributed by atoms with Crippen molar-refractivity contribution in [3.63, 3.8) is 0 Å². The number of nitrogens with zero attached hydrogens (tertiary/aromatic N) is 1. The Hall–Kier alpha value is -0.640. The summed E-state index contributed by atoms with van der Waals surface area (Å²) < 4.78 is 5.69. The number of halogens is 1. The minimum Gasteiger partial charge on any atom is -0.377 e. The highest BCUT2D eigenvalue weighted by molar-refractivity contribution is 6.31. The molecule has 0 bridgehead atoms. The second kappa shape index (κ2) is 5.34. The van der Waals surface area contributed by atoms with Crippen LogP contribution in [-0.2, 0) is 11.2 Å². The van der Waals surface area contributed by atoms with Gasteiger partial charge in [-0.25, -0.2) is 0 Å². The largest absolute Gasteiger partial charge is 0.377 e. The molecule has 0 aliphatic heterocycles. The van der Waals surface area contributed by atoms with Gasteiger partial charge in [-0.05, 0) is 30.9 Å². The third kappa shape index (κ3) is 2.62. The van der Waals surface area contributed by atoms with Crippen LogP contribution in [0.1, 0.15) is 31.2 Å². The standard InChI is InChI=1S/C13H19ClN2O/c1-17-13(5-2-3-6-13)12(15)8-10-4-7-16-9-11(10)14/h4,7,9,12H,2-3,5-6,8,15H2,1H3. The fourth-order valence-corrected chi connectivity index (χ4v) is 2.89. The van der Waals surface area contributed by atoms with Crippen molar-refractivity contribution in [3.8, 4) is 0 Å². The van der Waals surface area contributed by atoms with E-state index in [0.29, 0.717) is 5.02 Å². The zero-order chi connectivity index (χ0) is 12.3. The first kappa shape index (κ1) is 12.8. The minimum absolute atomic E-state index is 0.00472. The van der Waals surface area contributed by atoms with Crippen molar-refractivity contribution in [2.24, 2.45) is 5.73 Å². The number of methoxy groups -OCH3 is 1. The fourth-order valence-electron chi connectivity index (χ4n) is 2.69. The first-order valence-electron chi connectivity index (χ1n) is 6.07. The van der Waals surface area contributed by atoms with Gasteiger partial charge in [0.15, 0.2) is 0 Å². The van der Waals surface area contributed by atoms with Gasteiger partial charge in [0.25, 0.3) is 0 Å². The van der Waals surface area contributed by atoms with Gasteiger partial charge in [-0.3, -0.25) is 4.98 Å². The topological polar surface area (TPSA) is 48.1 Å². The van der Waals surface area contributed by atoms with Crippen LogP contribution in [0.3, 0.4) is 0 Å². The van der Waals surface area contributed by atoms with Crippen LogP contribution in [0.2, 0.25) is 5.02 Å². The minimum atomic E-state index is -0.160. The number of aromatic nitrogens is 1. The number of nitrogens with two attached hydrogens (primary N) is 1. The summed E-state index contributed by atoms with van der Waals surface area (Å²) in [6.45, 7) is 0. The lowest BCUT2D eigenvalue weighted by Gasteiger charge is -2.34. The van der Waals surface area contributed by atoms with E-state index in [1.165, 1.54) is 12.8 Å². The zero-order valence-electron chi connectivity index (χ0n) is 10.2. The Morgan fingerprint density at radius 3 is 2.82 bits per heavy atom. The van der Waals surface area contributed by atoms with Gasteiger partial charge in [0.1, 0.15) is 0 Å². The second-order valence-corrected chi connectivity index (χ2v) is 5.16. The van der Waals surface area contributed by atoms with Gasteiger partial charge >= 0.3 is 0 Å². The molecule has 0 aromatic carbocycles. The predicted octanol–water partition coefficient (Wildman–Crippen LogP) is 2.56. The molecule has 1 aliphatic carbocycles. The highest BCUT2D eigenvalue weighted by Gasteiger charge is 2.39. The van der Waals surface area contributed by atoms with Crippen LogP contribution >= 0.6 is 11.6 Å². The van der Waals surface area contributed by atoms with E-state index in [-0.39, 0.29) is 11.6 Å². The van der Waals surface area contributed by atoms with E-state index in [2.05, 4.69) is 4.98 Å². The van der Waals surface area contributed by atoms with Gasteiger partial charge in [0, 0.05) is 25.5 Å². The quantitative estimate of drug-likeness (QED) is 0.898. The Bertz CT molecular complexity index is 377.